The van der Waals surface area contributed by atoms with Crippen molar-refractivity contribution in [2.75, 3.05) is 13.6 Å². The first-order chi connectivity index (χ1) is 6.18. The molecule has 14 heavy (non-hydrogen) atoms. The number of benzene rings is 1. The molecular weight excluding hydrogens is 205 g/mol. The Hall–Kier alpha value is 0.286. The van der Waals surface area contributed by atoms with E-state index in [-0.39, 0.29) is 57.9 Å². The van der Waals surface area contributed by atoms with Gasteiger partial charge in [0.05, 0.1) is 5.97 Å². The molecule has 0 aliphatic rings. The summed E-state index contributed by atoms with van der Waals surface area (Å²) in [6, 6.07) is 9.73. The average molecular weight is 217 g/mol. The van der Waals surface area contributed by atoms with Crippen molar-refractivity contribution in [3.05, 3.63) is 35.9 Å². The molecule has 0 heterocycles. The third-order valence-corrected chi connectivity index (χ3v) is 1.69. The van der Waals surface area contributed by atoms with Crippen LogP contribution >= 0.6 is 0 Å². The van der Waals surface area contributed by atoms with Crippen molar-refractivity contribution in [3.63, 3.8) is 0 Å². The first kappa shape index (κ1) is 14.3. The van der Waals surface area contributed by atoms with E-state index >= 15 is 0 Å². The molecule has 0 amide bonds. The van der Waals surface area contributed by atoms with Gasteiger partial charge in [0.15, 0.2) is 0 Å². The van der Waals surface area contributed by atoms with E-state index in [9.17, 15) is 9.90 Å². The van der Waals surface area contributed by atoms with E-state index in [1.807, 2.05) is 30.3 Å². The van der Waals surface area contributed by atoms with Gasteiger partial charge in [0, 0.05) is 13.1 Å². The normalized spacial score (nSPS) is 9.57. The van der Waals surface area contributed by atoms with Crippen molar-refractivity contribution in [2.45, 2.75) is 6.54 Å². The SMILES string of the molecule is CN(CC(=O)[O-])Cc1ccccc1.[K+]. The number of hydrogen-bond acceptors (Lipinski definition) is 3. The number of hydrogen-bond donors (Lipinski definition) is 0. The van der Waals surface area contributed by atoms with Crippen LogP contribution in [0.1, 0.15) is 5.56 Å². The van der Waals surface area contributed by atoms with Crippen LogP contribution in [0.15, 0.2) is 30.3 Å². The van der Waals surface area contributed by atoms with Gasteiger partial charge >= 0.3 is 51.4 Å². The van der Waals surface area contributed by atoms with Gasteiger partial charge in [0.1, 0.15) is 0 Å². The number of nitrogens with zero attached hydrogens (tertiary/aromatic N) is 1. The topological polar surface area (TPSA) is 43.4 Å². The zero-order valence-electron chi connectivity index (χ0n) is 8.56. The third kappa shape index (κ3) is 5.90. The molecule has 0 radical (unpaired) electrons. The molecule has 70 valence electrons. The molecule has 0 aliphatic carbocycles. The van der Waals surface area contributed by atoms with Gasteiger partial charge in [-0.25, -0.2) is 0 Å². The number of carbonyl (C=O) groups is 1. The van der Waals surface area contributed by atoms with Crippen LogP contribution in [-0.4, -0.2) is 24.5 Å². The molecule has 0 bridgehead atoms. The summed E-state index contributed by atoms with van der Waals surface area (Å²) in [5.41, 5.74) is 1.10. The number of likely N-dealkylation sites (N-methyl/N-ethyl adjacent to an activating group) is 1. The van der Waals surface area contributed by atoms with Gasteiger partial charge in [-0.05, 0) is 12.6 Å². The Kier molecular flexibility index (Phi) is 7.72. The quantitative estimate of drug-likeness (QED) is 0.501. The van der Waals surface area contributed by atoms with E-state index in [0.29, 0.717) is 6.54 Å². The minimum absolute atomic E-state index is 0. The number of carboxylic acids is 1. The molecule has 0 aromatic heterocycles. The van der Waals surface area contributed by atoms with Crippen LogP contribution in [0.5, 0.6) is 0 Å². The molecule has 0 spiro atoms. The van der Waals surface area contributed by atoms with Crippen molar-refractivity contribution in [3.8, 4) is 0 Å². The Labute approximate surface area is 127 Å². The molecule has 0 unspecified atom stereocenters. The fourth-order valence-electron chi connectivity index (χ4n) is 1.17. The zero-order valence-corrected chi connectivity index (χ0v) is 11.7. The molecule has 3 nitrogen and oxygen atoms in total. The smallest absolute Gasteiger partial charge is 0.549 e. The molecule has 0 atom stereocenters. The maximum atomic E-state index is 10.2. The summed E-state index contributed by atoms with van der Waals surface area (Å²) in [7, 11) is 1.75. The standard InChI is InChI=1S/C10H13NO2.K/c1-11(8-10(12)13)7-9-5-3-2-4-6-9;/h2-6H,7-8H2,1H3,(H,12,13);/q;+1/p-1. The summed E-state index contributed by atoms with van der Waals surface area (Å²) in [5.74, 6) is -1.04. The van der Waals surface area contributed by atoms with E-state index in [0.717, 1.165) is 5.56 Å². The van der Waals surface area contributed by atoms with Crippen LogP contribution in [-0.2, 0) is 11.3 Å². The number of rotatable bonds is 4. The van der Waals surface area contributed by atoms with Crippen molar-refractivity contribution < 1.29 is 61.3 Å². The number of aliphatic carboxylic acids is 1. The summed E-state index contributed by atoms with van der Waals surface area (Å²) in [6.45, 7) is 0.601. The maximum absolute atomic E-state index is 10.2. The molecule has 0 aliphatic heterocycles. The zero-order chi connectivity index (χ0) is 9.68. The predicted molar refractivity (Wildman–Crippen MR) is 47.8 cm³/mol. The predicted octanol–water partition coefficient (Wildman–Crippen LogP) is -3.13. The monoisotopic (exact) mass is 217 g/mol. The van der Waals surface area contributed by atoms with Crippen LogP contribution in [0.2, 0.25) is 0 Å². The second-order valence-corrected chi connectivity index (χ2v) is 3.03. The second kappa shape index (κ2) is 7.56. The first-order valence-corrected chi connectivity index (χ1v) is 4.11. The molecule has 0 fully saturated rings. The average Bonchev–Trinajstić information content (AvgIpc) is 2.04. The summed E-state index contributed by atoms with van der Waals surface area (Å²) >= 11 is 0. The Balaban J connectivity index is 0.00000169. The number of carboxylic acid groups (broad SMARTS) is 1. The van der Waals surface area contributed by atoms with Crippen LogP contribution in [0.25, 0.3) is 0 Å². The molecule has 4 heteroatoms. The summed E-state index contributed by atoms with van der Waals surface area (Å²) < 4.78 is 0. The van der Waals surface area contributed by atoms with E-state index in [4.69, 9.17) is 0 Å². The summed E-state index contributed by atoms with van der Waals surface area (Å²) in [4.78, 5) is 11.9. The van der Waals surface area contributed by atoms with E-state index in [1.165, 1.54) is 0 Å². The van der Waals surface area contributed by atoms with E-state index in [1.54, 1.807) is 11.9 Å². The van der Waals surface area contributed by atoms with Gasteiger partial charge in [-0.2, -0.15) is 0 Å². The molecule has 1 rings (SSSR count). The van der Waals surface area contributed by atoms with Gasteiger partial charge in [0.25, 0.3) is 0 Å². The maximum Gasteiger partial charge on any atom is 1.00 e. The van der Waals surface area contributed by atoms with Crippen LogP contribution in [0, 0.1) is 0 Å². The van der Waals surface area contributed by atoms with Crippen molar-refractivity contribution >= 4 is 5.97 Å². The van der Waals surface area contributed by atoms with Crippen molar-refractivity contribution in [1.82, 2.24) is 4.90 Å². The fourth-order valence-corrected chi connectivity index (χ4v) is 1.17. The van der Waals surface area contributed by atoms with Crippen LogP contribution < -0.4 is 56.5 Å². The van der Waals surface area contributed by atoms with Gasteiger partial charge in [0.2, 0.25) is 0 Å². The van der Waals surface area contributed by atoms with Crippen molar-refractivity contribution in [1.29, 1.82) is 0 Å². The van der Waals surface area contributed by atoms with Crippen molar-refractivity contribution in [2.24, 2.45) is 0 Å². The van der Waals surface area contributed by atoms with E-state index < -0.39 is 5.97 Å². The van der Waals surface area contributed by atoms with Gasteiger partial charge in [-0.15, -0.1) is 0 Å². The first-order valence-electron chi connectivity index (χ1n) is 4.11. The summed E-state index contributed by atoms with van der Waals surface area (Å²) in [5, 5.41) is 10.2. The Morgan fingerprint density at radius 3 is 2.43 bits per heavy atom. The number of carbonyl (C=O) groups excluding carboxylic acids is 1. The minimum Gasteiger partial charge on any atom is -0.549 e. The molecule has 1 aromatic rings. The summed E-state index contributed by atoms with van der Waals surface area (Å²) in [6.07, 6.45) is 0. The third-order valence-electron chi connectivity index (χ3n) is 1.69. The fraction of sp³-hybridized carbons (Fsp3) is 0.300. The van der Waals surface area contributed by atoms with Crippen LogP contribution in [0.3, 0.4) is 0 Å². The van der Waals surface area contributed by atoms with E-state index in [2.05, 4.69) is 0 Å². The molecule has 0 saturated heterocycles. The second-order valence-electron chi connectivity index (χ2n) is 3.03. The van der Waals surface area contributed by atoms with Gasteiger partial charge < -0.3 is 9.90 Å². The van der Waals surface area contributed by atoms with Gasteiger partial charge in [-0.1, -0.05) is 30.3 Å². The van der Waals surface area contributed by atoms with Gasteiger partial charge in [-0.3, -0.25) is 4.90 Å². The minimum atomic E-state index is -1.04. The van der Waals surface area contributed by atoms with Crippen LogP contribution in [0.4, 0.5) is 0 Å². The largest absolute Gasteiger partial charge is 1.00 e. The Bertz CT molecular complexity index is 277. The Morgan fingerprint density at radius 2 is 1.93 bits per heavy atom. The molecule has 0 saturated carbocycles. The molecule has 0 N–H and O–H groups in total. The Morgan fingerprint density at radius 1 is 1.36 bits per heavy atom. The molecule has 1 aromatic carbocycles. The molecular formula is C10H12KNO2.